The predicted molar refractivity (Wildman–Crippen MR) is 94.3 cm³/mol. The van der Waals surface area contributed by atoms with E-state index in [1.807, 2.05) is 13.1 Å². The molecule has 2 atom stereocenters. The van der Waals surface area contributed by atoms with Gasteiger partial charge in [-0.1, -0.05) is 0 Å². The summed E-state index contributed by atoms with van der Waals surface area (Å²) in [4.78, 5) is 7.42. The van der Waals surface area contributed by atoms with Gasteiger partial charge in [-0.25, -0.2) is 13.8 Å². The number of fused-ring (bicyclic) bond motifs is 1. The Kier molecular flexibility index (Phi) is 4.24. The minimum atomic E-state index is -0.848. The van der Waals surface area contributed by atoms with Gasteiger partial charge in [0.25, 0.3) is 0 Å². The molecule has 7 heteroatoms. The fourth-order valence-electron chi connectivity index (χ4n) is 3.55. The van der Waals surface area contributed by atoms with Gasteiger partial charge in [-0.3, -0.25) is 0 Å². The van der Waals surface area contributed by atoms with Crippen molar-refractivity contribution < 1.29 is 18.3 Å². The number of hydrogen-bond donors (Lipinski definition) is 2. The lowest BCUT2D eigenvalue weighted by atomic mass is 9.88. The molecule has 1 fully saturated rings. The van der Waals surface area contributed by atoms with Gasteiger partial charge in [0.1, 0.15) is 11.4 Å². The number of benzene rings is 1. The Labute approximate surface area is 149 Å². The molecular weight excluding hydrogens is 340 g/mol. The fourth-order valence-corrected chi connectivity index (χ4v) is 3.55. The second-order valence-electron chi connectivity index (χ2n) is 6.52. The number of halogens is 2. The highest BCUT2D eigenvalue weighted by Gasteiger charge is 2.28. The van der Waals surface area contributed by atoms with Crippen molar-refractivity contribution in [3.8, 4) is 11.5 Å². The van der Waals surface area contributed by atoms with E-state index < -0.39 is 17.4 Å². The average molecular weight is 359 g/mol. The van der Waals surface area contributed by atoms with Crippen LogP contribution >= 0.6 is 0 Å². The van der Waals surface area contributed by atoms with E-state index >= 15 is 0 Å². The van der Waals surface area contributed by atoms with Crippen molar-refractivity contribution >= 4 is 16.7 Å². The van der Waals surface area contributed by atoms with Crippen molar-refractivity contribution in [1.82, 2.24) is 9.97 Å². The van der Waals surface area contributed by atoms with Gasteiger partial charge in [0.05, 0.1) is 11.5 Å². The second kappa shape index (κ2) is 6.57. The van der Waals surface area contributed by atoms with Gasteiger partial charge in [0, 0.05) is 42.7 Å². The van der Waals surface area contributed by atoms with E-state index in [4.69, 9.17) is 15.2 Å². The van der Waals surface area contributed by atoms with Crippen LogP contribution in [0.3, 0.4) is 0 Å². The summed E-state index contributed by atoms with van der Waals surface area (Å²) >= 11 is 0. The van der Waals surface area contributed by atoms with Crippen LogP contribution in [0.25, 0.3) is 11.0 Å². The number of ether oxygens (including phenoxy) is 2. The van der Waals surface area contributed by atoms with E-state index in [1.165, 1.54) is 6.20 Å². The van der Waals surface area contributed by atoms with Gasteiger partial charge in [-0.15, -0.1) is 0 Å². The molecule has 0 aliphatic carbocycles. The van der Waals surface area contributed by atoms with Gasteiger partial charge in [-0.2, -0.15) is 0 Å². The lowest BCUT2D eigenvalue weighted by Crippen LogP contribution is -2.24. The number of aromatic nitrogens is 2. The summed E-state index contributed by atoms with van der Waals surface area (Å²) in [5.41, 5.74) is 7.05. The lowest BCUT2D eigenvalue weighted by molar-refractivity contribution is 0.0119. The molecule has 5 nitrogen and oxygen atoms in total. The molecule has 1 aliphatic heterocycles. The van der Waals surface area contributed by atoms with Gasteiger partial charge >= 0.3 is 0 Å². The van der Waals surface area contributed by atoms with E-state index in [9.17, 15) is 8.78 Å². The number of pyridine rings is 1. The molecule has 1 aromatic carbocycles. The highest BCUT2D eigenvalue weighted by atomic mass is 19.1. The average Bonchev–Trinajstić information content (AvgIpc) is 3.03. The quantitative estimate of drug-likeness (QED) is 0.676. The Morgan fingerprint density at radius 2 is 2.08 bits per heavy atom. The first-order valence-corrected chi connectivity index (χ1v) is 8.54. The van der Waals surface area contributed by atoms with Crippen LogP contribution in [0.4, 0.5) is 14.5 Å². The zero-order valence-corrected chi connectivity index (χ0v) is 14.3. The summed E-state index contributed by atoms with van der Waals surface area (Å²) in [6, 6.07) is 3.67. The summed E-state index contributed by atoms with van der Waals surface area (Å²) in [5, 5.41) is 0.713. The number of H-pyrrole nitrogens is 1. The van der Waals surface area contributed by atoms with Crippen molar-refractivity contribution in [1.29, 1.82) is 0 Å². The number of hydrogen-bond acceptors (Lipinski definition) is 4. The maximum atomic E-state index is 14.2. The van der Waals surface area contributed by atoms with E-state index in [0.29, 0.717) is 16.8 Å². The third-order valence-corrected chi connectivity index (χ3v) is 4.80. The minimum absolute atomic E-state index is 0.00254. The third kappa shape index (κ3) is 2.88. The summed E-state index contributed by atoms with van der Waals surface area (Å²) in [5.74, 6) is -1.68. The summed E-state index contributed by atoms with van der Waals surface area (Å²) in [6.07, 6.45) is 5.37. The molecule has 2 aromatic heterocycles. The first kappa shape index (κ1) is 16.8. The molecule has 0 radical (unpaired) electrons. The monoisotopic (exact) mass is 359 g/mol. The number of nitrogens with one attached hydrogen (secondary N) is 1. The normalized spacial score (nSPS) is 20.4. The van der Waals surface area contributed by atoms with Gasteiger partial charge in [0.15, 0.2) is 17.4 Å². The number of anilines is 1. The second-order valence-corrected chi connectivity index (χ2v) is 6.52. The summed E-state index contributed by atoms with van der Waals surface area (Å²) < 4.78 is 39.7. The maximum absolute atomic E-state index is 14.2. The third-order valence-electron chi connectivity index (χ3n) is 4.80. The first-order chi connectivity index (χ1) is 12.5. The Hall–Kier alpha value is -2.67. The largest absolute Gasteiger partial charge is 0.450 e. The van der Waals surface area contributed by atoms with Crippen LogP contribution in [-0.2, 0) is 4.74 Å². The minimum Gasteiger partial charge on any atom is -0.450 e. The highest BCUT2D eigenvalue weighted by Crippen LogP contribution is 2.40. The number of nitrogens with zero attached hydrogens (tertiary/aromatic N) is 1. The first-order valence-electron chi connectivity index (χ1n) is 8.54. The number of nitrogen functional groups attached to an aromatic ring is 1. The van der Waals surface area contributed by atoms with Crippen molar-refractivity contribution in [2.24, 2.45) is 0 Å². The molecular formula is C19H19F2N3O2. The Bertz CT molecular complexity index is 934. The molecule has 0 bridgehead atoms. The Morgan fingerprint density at radius 3 is 2.81 bits per heavy atom. The van der Waals surface area contributed by atoms with Crippen molar-refractivity contribution in [3.05, 3.63) is 47.8 Å². The zero-order chi connectivity index (χ0) is 18.3. The molecule has 3 N–H and O–H groups in total. The number of nitrogens with two attached hydrogens (primary N) is 1. The standard InChI is InChI=1S/C19H19F2N3O2/c1-10-12(3-2-6-25-10)13-9-24-19-17(13)16(4-5-23-19)26-18-14(20)7-11(22)8-15(18)21/h4-5,7-10,12H,2-3,6,22H2,1H3,(H,23,24). The van der Waals surface area contributed by atoms with Crippen LogP contribution < -0.4 is 10.5 Å². The Balaban J connectivity index is 1.80. The zero-order valence-electron chi connectivity index (χ0n) is 14.3. The lowest BCUT2D eigenvalue weighted by Gasteiger charge is -2.29. The predicted octanol–water partition coefficient (Wildman–Crippen LogP) is 4.50. The molecule has 0 amide bonds. The molecule has 136 valence electrons. The van der Waals surface area contributed by atoms with Crippen LogP contribution in [0.1, 0.15) is 31.2 Å². The topological polar surface area (TPSA) is 73.2 Å². The molecule has 3 aromatic rings. The van der Waals surface area contributed by atoms with Gasteiger partial charge < -0.3 is 20.2 Å². The van der Waals surface area contributed by atoms with E-state index in [0.717, 1.165) is 37.1 Å². The fraction of sp³-hybridized carbons (Fsp3) is 0.316. The van der Waals surface area contributed by atoms with Crippen molar-refractivity contribution in [2.45, 2.75) is 31.8 Å². The van der Waals surface area contributed by atoms with Crippen LogP contribution in [0.2, 0.25) is 0 Å². The van der Waals surface area contributed by atoms with E-state index in [1.54, 1.807) is 6.07 Å². The molecule has 1 aliphatic rings. The number of rotatable bonds is 3. The SMILES string of the molecule is CC1OCCCC1c1c[nH]c2nccc(Oc3c(F)cc(N)cc3F)c12. The van der Waals surface area contributed by atoms with E-state index in [2.05, 4.69) is 9.97 Å². The maximum Gasteiger partial charge on any atom is 0.198 e. The molecule has 3 heterocycles. The van der Waals surface area contributed by atoms with Gasteiger partial charge in [0.2, 0.25) is 0 Å². The molecule has 1 saturated heterocycles. The Morgan fingerprint density at radius 1 is 1.31 bits per heavy atom. The summed E-state index contributed by atoms with van der Waals surface area (Å²) in [6.45, 7) is 2.77. The van der Waals surface area contributed by atoms with Crippen molar-refractivity contribution in [2.75, 3.05) is 12.3 Å². The smallest absolute Gasteiger partial charge is 0.198 e. The van der Waals surface area contributed by atoms with Gasteiger partial charge in [-0.05, 0) is 31.4 Å². The summed E-state index contributed by atoms with van der Waals surface area (Å²) in [7, 11) is 0. The van der Waals surface area contributed by atoms with Crippen LogP contribution in [-0.4, -0.2) is 22.7 Å². The van der Waals surface area contributed by atoms with Crippen molar-refractivity contribution in [3.63, 3.8) is 0 Å². The molecule has 2 unspecified atom stereocenters. The molecule has 26 heavy (non-hydrogen) atoms. The molecule has 0 saturated carbocycles. The molecule has 4 rings (SSSR count). The van der Waals surface area contributed by atoms with Crippen LogP contribution in [0.5, 0.6) is 11.5 Å². The van der Waals surface area contributed by atoms with E-state index in [-0.39, 0.29) is 17.7 Å². The van der Waals surface area contributed by atoms with Crippen LogP contribution in [0, 0.1) is 11.6 Å². The highest BCUT2D eigenvalue weighted by molar-refractivity contribution is 5.87. The van der Waals surface area contributed by atoms with Crippen LogP contribution in [0.15, 0.2) is 30.6 Å². The molecule has 0 spiro atoms. The number of aromatic amines is 1.